The molecule has 122 valence electrons. The van der Waals surface area contributed by atoms with Gasteiger partial charge in [-0.15, -0.1) is 0 Å². The summed E-state index contributed by atoms with van der Waals surface area (Å²) in [5.41, 5.74) is 5.19. The van der Waals surface area contributed by atoms with E-state index in [2.05, 4.69) is 0 Å². The van der Waals surface area contributed by atoms with Gasteiger partial charge in [-0.05, 0) is 50.5 Å². The van der Waals surface area contributed by atoms with Crippen molar-refractivity contribution in [2.45, 2.75) is 45.5 Å². The number of hydrogen-bond donors (Lipinski definition) is 1. The predicted molar refractivity (Wildman–Crippen MR) is 76.2 cm³/mol. The third-order valence-corrected chi connectivity index (χ3v) is 3.41. The largest absolute Gasteiger partial charge is 0.444 e. The summed E-state index contributed by atoms with van der Waals surface area (Å²) in [5.74, 6) is 0. The summed E-state index contributed by atoms with van der Waals surface area (Å²) in [5, 5.41) is 0. The lowest BCUT2D eigenvalue weighted by Gasteiger charge is -2.33. The number of anilines is 1. The van der Waals surface area contributed by atoms with Crippen LogP contribution in [0.2, 0.25) is 0 Å². The molecule has 1 aliphatic rings. The van der Waals surface area contributed by atoms with Crippen molar-refractivity contribution in [1.82, 2.24) is 4.90 Å². The fourth-order valence-corrected chi connectivity index (χ4v) is 2.45. The normalized spacial score (nSPS) is 15.5. The number of carbonyl (C=O) groups excluding carboxylic acids is 1. The van der Waals surface area contributed by atoms with Crippen LogP contribution in [0.5, 0.6) is 0 Å². The molecule has 2 N–H and O–H groups in total. The van der Waals surface area contributed by atoms with Crippen molar-refractivity contribution in [3.8, 4) is 0 Å². The van der Waals surface area contributed by atoms with Gasteiger partial charge in [0.15, 0.2) is 0 Å². The molecule has 7 heteroatoms. The number of fused-ring (bicyclic) bond motifs is 1. The Morgan fingerprint density at radius 1 is 1.23 bits per heavy atom. The third kappa shape index (κ3) is 3.45. The lowest BCUT2D eigenvalue weighted by Crippen LogP contribution is -2.40. The average molecular weight is 316 g/mol. The minimum absolute atomic E-state index is 0.0598. The van der Waals surface area contributed by atoms with E-state index in [0.717, 1.165) is 6.07 Å². The van der Waals surface area contributed by atoms with Gasteiger partial charge in [-0.3, -0.25) is 0 Å². The Bertz CT molecular complexity index is 592. The maximum Gasteiger partial charge on any atom is 0.416 e. The second kappa shape index (κ2) is 5.37. The Morgan fingerprint density at radius 3 is 2.41 bits per heavy atom. The highest BCUT2D eigenvalue weighted by Crippen LogP contribution is 2.37. The average Bonchev–Trinajstić information content (AvgIpc) is 2.35. The van der Waals surface area contributed by atoms with Gasteiger partial charge in [-0.25, -0.2) is 4.79 Å². The summed E-state index contributed by atoms with van der Waals surface area (Å²) in [6.07, 6.45) is -4.81. The van der Waals surface area contributed by atoms with Crippen LogP contribution < -0.4 is 5.73 Å². The summed E-state index contributed by atoms with van der Waals surface area (Å²) in [4.78, 5) is 13.3. The van der Waals surface area contributed by atoms with Crippen LogP contribution in [0.3, 0.4) is 0 Å². The summed E-state index contributed by atoms with van der Waals surface area (Å²) in [6, 6.07) is 2.23. The van der Waals surface area contributed by atoms with Crippen molar-refractivity contribution in [1.29, 1.82) is 0 Å². The molecule has 0 saturated carbocycles. The molecule has 0 unspecified atom stereocenters. The molecule has 0 aromatic heterocycles. The van der Waals surface area contributed by atoms with E-state index < -0.39 is 23.4 Å². The van der Waals surface area contributed by atoms with E-state index in [-0.39, 0.29) is 25.1 Å². The number of amides is 1. The van der Waals surface area contributed by atoms with Crippen LogP contribution >= 0.6 is 0 Å². The van der Waals surface area contributed by atoms with E-state index in [9.17, 15) is 18.0 Å². The maximum absolute atomic E-state index is 13.1. The van der Waals surface area contributed by atoms with Crippen LogP contribution in [0.25, 0.3) is 0 Å². The lowest BCUT2D eigenvalue weighted by molar-refractivity contribution is -0.138. The van der Waals surface area contributed by atoms with E-state index >= 15 is 0 Å². The van der Waals surface area contributed by atoms with E-state index in [4.69, 9.17) is 10.5 Å². The van der Waals surface area contributed by atoms with Gasteiger partial charge in [-0.1, -0.05) is 0 Å². The van der Waals surface area contributed by atoms with Crippen LogP contribution in [0.15, 0.2) is 12.1 Å². The summed E-state index contributed by atoms with van der Waals surface area (Å²) in [6.45, 7) is 5.27. The maximum atomic E-state index is 13.1. The van der Waals surface area contributed by atoms with Crippen molar-refractivity contribution in [3.05, 3.63) is 28.8 Å². The molecule has 1 aromatic carbocycles. The monoisotopic (exact) mass is 316 g/mol. The van der Waals surface area contributed by atoms with Crippen molar-refractivity contribution >= 4 is 11.8 Å². The Kier molecular flexibility index (Phi) is 4.02. The molecule has 1 aromatic rings. The van der Waals surface area contributed by atoms with Gasteiger partial charge in [-0.2, -0.15) is 13.2 Å². The Balaban J connectivity index is 2.33. The fourth-order valence-electron chi connectivity index (χ4n) is 2.45. The molecular formula is C15H19F3N2O2. The zero-order chi connectivity index (χ0) is 16.7. The van der Waals surface area contributed by atoms with Crippen LogP contribution in [0.4, 0.5) is 23.7 Å². The predicted octanol–water partition coefficient (Wildman–Crippen LogP) is 3.58. The van der Waals surface area contributed by atoms with Gasteiger partial charge in [0.1, 0.15) is 5.60 Å². The first kappa shape index (κ1) is 16.5. The first-order chi connectivity index (χ1) is 9.99. The van der Waals surface area contributed by atoms with Crippen LogP contribution in [-0.2, 0) is 23.9 Å². The summed E-state index contributed by atoms with van der Waals surface area (Å²) < 4.78 is 44.6. The van der Waals surface area contributed by atoms with Crippen molar-refractivity contribution in [2.75, 3.05) is 12.3 Å². The van der Waals surface area contributed by atoms with Gasteiger partial charge >= 0.3 is 12.3 Å². The summed E-state index contributed by atoms with van der Waals surface area (Å²) >= 11 is 0. The van der Waals surface area contributed by atoms with Gasteiger partial charge in [0.05, 0.1) is 5.56 Å². The van der Waals surface area contributed by atoms with Gasteiger partial charge < -0.3 is 15.4 Å². The molecular weight excluding hydrogens is 297 g/mol. The zero-order valence-corrected chi connectivity index (χ0v) is 12.8. The molecule has 0 aliphatic carbocycles. The number of alkyl halides is 3. The van der Waals surface area contributed by atoms with E-state index in [0.29, 0.717) is 11.3 Å². The lowest BCUT2D eigenvalue weighted by atomic mass is 9.93. The number of ether oxygens (including phenoxy) is 1. The minimum atomic E-state index is -4.48. The number of nitrogens with two attached hydrogens (primary N) is 1. The number of rotatable bonds is 0. The molecule has 1 heterocycles. The minimum Gasteiger partial charge on any atom is -0.444 e. The van der Waals surface area contributed by atoms with Gasteiger partial charge in [0.2, 0.25) is 0 Å². The first-order valence-corrected chi connectivity index (χ1v) is 6.94. The number of halogens is 3. The number of hydrogen-bond acceptors (Lipinski definition) is 3. The van der Waals surface area contributed by atoms with Gasteiger partial charge in [0, 0.05) is 18.8 Å². The van der Waals surface area contributed by atoms with Crippen LogP contribution in [0.1, 0.15) is 37.5 Å². The van der Waals surface area contributed by atoms with Crippen LogP contribution in [-0.4, -0.2) is 23.1 Å². The third-order valence-electron chi connectivity index (χ3n) is 3.41. The Morgan fingerprint density at radius 2 is 1.86 bits per heavy atom. The highest BCUT2D eigenvalue weighted by Gasteiger charge is 2.37. The van der Waals surface area contributed by atoms with Gasteiger partial charge in [0.25, 0.3) is 0 Å². The molecule has 1 aliphatic heterocycles. The molecule has 0 bridgehead atoms. The first-order valence-electron chi connectivity index (χ1n) is 6.94. The molecule has 22 heavy (non-hydrogen) atoms. The number of nitrogen functional groups attached to an aromatic ring is 1. The number of benzene rings is 1. The highest BCUT2D eigenvalue weighted by molar-refractivity contribution is 5.69. The van der Waals surface area contributed by atoms with E-state index in [1.165, 1.54) is 11.0 Å². The second-order valence-electron chi connectivity index (χ2n) is 6.31. The van der Waals surface area contributed by atoms with Crippen molar-refractivity contribution < 1.29 is 22.7 Å². The molecule has 0 fully saturated rings. The zero-order valence-electron chi connectivity index (χ0n) is 12.8. The Hall–Kier alpha value is -1.92. The quantitative estimate of drug-likeness (QED) is 0.744. The molecule has 0 saturated heterocycles. The second-order valence-corrected chi connectivity index (χ2v) is 6.31. The fraction of sp³-hybridized carbons (Fsp3) is 0.533. The smallest absolute Gasteiger partial charge is 0.416 e. The highest BCUT2D eigenvalue weighted by atomic mass is 19.4. The van der Waals surface area contributed by atoms with Crippen LogP contribution in [0, 0.1) is 0 Å². The Labute approximate surface area is 127 Å². The molecule has 0 spiro atoms. The number of nitrogens with zero attached hydrogens (tertiary/aromatic N) is 1. The molecule has 2 rings (SSSR count). The van der Waals surface area contributed by atoms with E-state index in [1.807, 2.05) is 0 Å². The van der Waals surface area contributed by atoms with E-state index in [1.54, 1.807) is 20.8 Å². The molecule has 4 nitrogen and oxygen atoms in total. The molecule has 1 amide bonds. The van der Waals surface area contributed by atoms with Crippen molar-refractivity contribution in [2.24, 2.45) is 0 Å². The number of carbonyl (C=O) groups is 1. The topological polar surface area (TPSA) is 55.6 Å². The molecule has 0 atom stereocenters. The standard InChI is InChI=1S/C15H19F3N2O2/c1-14(2,3)22-13(21)20-7-6-9-10(8-20)11(15(16,17)18)4-5-12(9)19/h4-5H,6-8,19H2,1-3H3. The summed E-state index contributed by atoms with van der Waals surface area (Å²) in [7, 11) is 0. The molecule has 0 radical (unpaired) electrons. The SMILES string of the molecule is CC(C)(C)OC(=O)N1CCc2c(N)ccc(C(F)(F)F)c2C1. The van der Waals surface area contributed by atoms with Crippen molar-refractivity contribution in [3.63, 3.8) is 0 Å².